The molecule has 2 aromatic rings. The van der Waals surface area contributed by atoms with Crippen LogP contribution in [0, 0.1) is 0 Å². The Bertz CT molecular complexity index is 600. The summed E-state index contributed by atoms with van der Waals surface area (Å²) in [6, 6.07) is 3.46. The number of hydrogen-bond donors (Lipinski definition) is 1. The minimum atomic E-state index is -0.626. The first-order chi connectivity index (χ1) is 9.56. The molecule has 0 amide bonds. The highest BCUT2D eigenvalue weighted by Gasteiger charge is 2.18. The molecule has 0 spiro atoms. The van der Waals surface area contributed by atoms with Crippen molar-refractivity contribution in [3.8, 4) is 0 Å². The number of aliphatic hydroxyl groups excluding tert-OH is 1. The van der Waals surface area contributed by atoms with Crippen LogP contribution in [0.5, 0.6) is 0 Å². The molecule has 0 saturated carbocycles. The second-order valence-electron chi connectivity index (χ2n) is 4.51. The van der Waals surface area contributed by atoms with E-state index in [4.69, 9.17) is 11.6 Å². The standard InChI is InChI=1S/C14H17BrClN3O/c1-3-10-14(15)11(19(4-2)18-10)8-12(20)9-5-6-17-13(16)7-9/h5-7,12,20H,3-4,8H2,1-2H3. The third kappa shape index (κ3) is 3.22. The normalized spacial score (nSPS) is 12.7. The zero-order valence-corrected chi connectivity index (χ0v) is 13.8. The molecule has 20 heavy (non-hydrogen) atoms. The van der Waals surface area contributed by atoms with Crippen molar-refractivity contribution in [1.82, 2.24) is 14.8 Å². The van der Waals surface area contributed by atoms with Crippen LogP contribution in [0.2, 0.25) is 5.15 Å². The lowest BCUT2D eigenvalue weighted by molar-refractivity contribution is 0.175. The van der Waals surface area contributed by atoms with E-state index in [0.29, 0.717) is 11.6 Å². The minimum Gasteiger partial charge on any atom is -0.388 e. The van der Waals surface area contributed by atoms with Crippen LogP contribution in [0.15, 0.2) is 22.8 Å². The van der Waals surface area contributed by atoms with Crippen molar-refractivity contribution in [1.29, 1.82) is 0 Å². The maximum atomic E-state index is 10.4. The lowest BCUT2D eigenvalue weighted by Crippen LogP contribution is -2.09. The molecule has 108 valence electrons. The van der Waals surface area contributed by atoms with Gasteiger partial charge in [0.15, 0.2) is 0 Å². The van der Waals surface area contributed by atoms with E-state index in [9.17, 15) is 5.11 Å². The molecule has 0 aliphatic carbocycles. The third-order valence-electron chi connectivity index (χ3n) is 3.22. The second kappa shape index (κ2) is 6.70. The summed E-state index contributed by atoms with van der Waals surface area (Å²) < 4.78 is 2.91. The van der Waals surface area contributed by atoms with Crippen LogP contribution >= 0.6 is 27.5 Å². The van der Waals surface area contributed by atoms with Crippen molar-refractivity contribution in [2.24, 2.45) is 0 Å². The first kappa shape index (κ1) is 15.5. The van der Waals surface area contributed by atoms with Crippen molar-refractivity contribution in [2.75, 3.05) is 0 Å². The average molecular weight is 359 g/mol. The highest BCUT2D eigenvalue weighted by atomic mass is 79.9. The number of halogens is 2. The molecule has 0 fully saturated rings. The predicted molar refractivity (Wildman–Crippen MR) is 82.9 cm³/mol. The monoisotopic (exact) mass is 357 g/mol. The molecule has 2 heterocycles. The van der Waals surface area contributed by atoms with Crippen LogP contribution in [-0.4, -0.2) is 19.9 Å². The molecule has 0 bridgehead atoms. The molecular formula is C14H17BrClN3O. The Hall–Kier alpha value is -0.910. The van der Waals surface area contributed by atoms with Crippen LogP contribution in [0.3, 0.4) is 0 Å². The van der Waals surface area contributed by atoms with Gasteiger partial charge in [-0.1, -0.05) is 18.5 Å². The first-order valence-corrected chi connectivity index (χ1v) is 7.77. The second-order valence-corrected chi connectivity index (χ2v) is 5.69. The van der Waals surface area contributed by atoms with Gasteiger partial charge in [-0.05, 0) is 47.0 Å². The molecule has 4 nitrogen and oxygen atoms in total. The lowest BCUT2D eigenvalue weighted by atomic mass is 10.1. The van der Waals surface area contributed by atoms with Crippen LogP contribution < -0.4 is 0 Å². The van der Waals surface area contributed by atoms with Crippen molar-refractivity contribution >= 4 is 27.5 Å². The van der Waals surface area contributed by atoms with Crippen molar-refractivity contribution < 1.29 is 5.11 Å². The summed E-state index contributed by atoms with van der Waals surface area (Å²) in [5.41, 5.74) is 2.78. The van der Waals surface area contributed by atoms with E-state index in [1.165, 1.54) is 0 Å². The highest BCUT2D eigenvalue weighted by molar-refractivity contribution is 9.10. The summed E-state index contributed by atoms with van der Waals surface area (Å²) in [7, 11) is 0. The van der Waals surface area contributed by atoms with Crippen LogP contribution in [0.25, 0.3) is 0 Å². The molecular weight excluding hydrogens is 342 g/mol. The van der Waals surface area contributed by atoms with Gasteiger partial charge in [-0.2, -0.15) is 5.10 Å². The molecule has 0 aliphatic rings. The Balaban J connectivity index is 2.27. The van der Waals surface area contributed by atoms with Gasteiger partial charge in [-0.25, -0.2) is 4.98 Å². The fraction of sp³-hybridized carbons (Fsp3) is 0.429. The largest absolute Gasteiger partial charge is 0.388 e. The summed E-state index contributed by atoms with van der Waals surface area (Å²) in [4.78, 5) is 3.93. The maximum Gasteiger partial charge on any atom is 0.129 e. The Morgan fingerprint density at radius 3 is 2.80 bits per heavy atom. The maximum absolute atomic E-state index is 10.4. The summed E-state index contributed by atoms with van der Waals surface area (Å²) in [5, 5.41) is 15.3. The number of aliphatic hydroxyl groups is 1. The van der Waals surface area contributed by atoms with E-state index in [1.807, 2.05) is 11.6 Å². The fourth-order valence-electron chi connectivity index (χ4n) is 2.14. The zero-order chi connectivity index (χ0) is 14.7. The Morgan fingerprint density at radius 2 is 2.20 bits per heavy atom. The molecule has 1 N–H and O–H groups in total. The molecule has 1 unspecified atom stereocenters. The molecule has 0 saturated heterocycles. The predicted octanol–water partition coefficient (Wildman–Crippen LogP) is 3.55. The van der Waals surface area contributed by atoms with Gasteiger partial charge in [0, 0.05) is 19.2 Å². The Labute approximate surface area is 131 Å². The van der Waals surface area contributed by atoms with Crippen molar-refractivity contribution in [2.45, 2.75) is 39.3 Å². The number of nitrogens with zero attached hydrogens (tertiary/aromatic N) is 3. The van der Waals surface area contributed by atoms with Gasteiger partial charge < -0.3 is 5.11 Å². The number of rotatable bonds is 5. The van der Waals surface area contributed by atoms with Crippen molar-refractivity contribution in [3.05, 3.63) is 44.9 Å². The molecule has 0 aliphatic heterocycles. The number of hydrogen-bond acceptors (Lipinski definition) is 3. The van der Waals surface area contributed by atoms with E-state index < -0.39 is 6.10 Å². The van der Waals surface area contributed by atoms with Gasteiger partial charge in [0.1, 0.15) is 5.15 Å². The summed E-state index contributed by atoms with van der Waals surface area (Å²) in [6.45, 7) is 4.88. The molecule has 2 aromatic heterocycles. The average Bonchev–Trinajstić information content (AvgIpc) is 2.75. The van der Waals surface area contributed by atoms with Crippen LogP contribution in [0.4, 0.5) is 0 Å². The van der Waals surface area contributed by atoms with Gasteiger partial charge in [0.25, 0.3) is 0 Å². The van der Waals surface area contributed by atoms with E-state index in [0.717, 1.165) is 34.4 Å². The van der Waals surface area contributed by atoms with Gasteiger partial charge in [-0.15, -0.1) is 0 Å². The van der Waals surface area contributed by atoms with E-state index in [1.54, 1.807) is 18.3 Å². The summed E-state index contributed by atoms with van der Waals surface area (Å²) in [6.07, 6.45) is 2.32. The van der Waals surface area contributed by atoms with Crippen LogP contribution in [0.1, 0.15) is 36.9 Å². The van der Waals surface area contributed by atoms with E-state index in [-0.39, 0.29) is 0 Å². The third-order valence-corrected chi connectivity index (χ3v) is 4.34. The molecule has 0 radical (unpaired) electrons. The van der Waals surface area contributed by atoms with Crippen LogP contribution in [-0.2, 0) is 19.4 Å². The highest BCUT2D eigenvalue weighted by Crippen LogP contribution is 2.27. The fourth-order valence-corrected chi connectivity index (χ4v) is 3.05. The van der Waals surface area contributed by atoms with E-state index in [2.05, 4.69) is 32.9 Å². The number of aryl methyl sites for hydroxylation is 2. The van der Waals surface area contributed by atoms with Gasteiger partial charge in [0.05, 0.1) is 22.0 Å². The Morgan fingerprint density at radius 1 is 1.45 bits per heavy atom. The molecule has 1 atom stereocenters. The summed E-state index contributed by atoms with van der Waals surface area (Å²) in [5.74, 6) is 0. The molecule has 2 rings (SSSR count). The zero-order valence-electron chi connectivity index (χ0n) is 11.5. The smallest absolute Gasteiger partial charge is 0.129 e. The van der Waals surface area contributed by atoms with Gasteiger partial charge in [0.2, 0.25) is 0 Å². The quantitative estimate of drug-likeness (QED) is 0.832. The summed E-state index contributed by atoms with van der Waals surface area (Å²) >= 11 is 9.45. The van der Waals surface area contributed by atoms with E-state index >= 15 is 0 Å². The van der Waals surface area contributed by atoms with Gasteiger partial charge >= 0.3 is 0 Å². The van der Waals surface area contributed by atoms with Crippen molar-refractivity contribution in [3.63, 3.8) is 0 Å². The Kier molecular flexibility index (Phi) is 5.18. The number of pyridine rings is 1. The minimum absolute atomic E-state index is 0.388. The topological polar surface area (TPSA) is 50.9 Å². The molecule has 0 aromatic carbocycles. The number of aromatic nitrogens is 3. The van der Waals surface area contributed by atoms with Gasteiger partial charge in [-0.3, -0.25) is 4.68 Å². The first-order valence-electron chi connectivity index (χ1n) is 6.60. The molecule has 6 heteroatoms. The SMILES string of the molecule is CCc1nn(CC)c(CC(O)c2ccnc(Cl)c2)c1Br. The lowest BCUT2D eigenvalue weighted by Gasteiger charge is -2.12.